The average molecular weight is 327 g/mol. The molecular weight excluding hydrogens is 304 g/mol. The Hall–Kier alpha value is -0.870. The van der Waals surface area contributed by atoms with Gasteiger partial charge in [0.2, 0.25) is 5.91 Å². The Morgan fingerprint density at radius 1 is 1.47 bits per heavy atom. The van der Waals surface area contributed by atoms with Crippen molar-refractivity contribution in [2.45, 2.75) is 19.8 Å². The Labute approximate surface area is 124 Å². The second-order valence-electron chi connectivity index (χ2n) is 4.80. The minimum Gasteiger partial charge on any atom is -0.344 e. The molecule has 106 valence electrons. The zero-order chi connectivity index (χ0) is 14.3. The summed E-state index contributed by atoms with van der Waals surface area (Å²) in [5.74, 6) is 0.300. The molecule has 0 bridgehead atoms. The summed E-state index contributed by atoms with van der Waals surface area (Å²) in [4.78, 5) is 14.2. The van der Waals surface area contributed by atoms with Gasteiger partial charge in [-0.3, -0.25) is 4.79 Å². The Morgan fingerprint density at radius 3 is 2.79 bits per heavy atom. The average Bonchev–Trinajstić information content (AvgIpc) is 2.41. The minimum atomic E-state index is 0.0659. The molecule has 0 heterocycles. The normalized spacial score (nSPS) is 12.2. The van der Waals surface area contributed by atoms with Crippen molar-refractivity contribution in [1.82, 2.24) is 10.2 Å². The van der Waals surface area contributed by atoms with E-state index in [1.165, 1.54) is 5.56 Å². The molecule has 0 aliphatic rings. The molecule has 0 saturated carbocycles. The maximum atomic E-state index is 12.4. The van der Waals surface area contributed by atoms with Gasteiger partial charge in [-0.1, -0.05) is 35.0 Å². The monoisotopic (exact) mass is 326 g/mol. The number of hydrogen-bond donors (Lipinski definition) is 1. The molecule has 0 aliphatic carbocycles. The van der Waals surface area contributed by atoms with E-state index >= 15 is 0 Å². The molecule has 0 saturated heterocycles. The largest absolute Gasteiger partial charge is 0.344 e. The van der Waals surface area contributed by atoms with Gasteiger partial charge in [-0.25, -0.2) is 0 Å². The van der Waals surface area contributed by atoms with Crippen LogP contribution in [0.25, 0.3) is 0 Å². The maximum absolute atomic E-state index is 12.4. The molecule has 19 heavy (non-hydrogen) atoms. The van der Waals surface area contributed by atoms with E-state index in [2.05, 4.69) is 40.3 Å². The van der Waals surface area contributed by atoms with Crippen molar-refractivity contribution in [2.24, 2.45) is 5.92 Å². The van der Waals surface area contributed by atoms with Gasteiger partial charge in [0, 0.05) is 30.5 Å². The quantitative estimate of drug-likeness (QED) is 0.835. The first-order valence-electron chi connectivity index (χ1n) is 6.72. The highest BCUT2D eigenvalue weighted by atomic mass is 79.9. The van der Waals surface area contributed by atoms with Crippen molar-refractivity contribution >= 4 is 21.8 Å². The van der Waals surface area contributed by atoms with E-state index in [0.29, 0.717) is 0 Å². The molecule has 0 fully saturated rings. The number of carbonyl (C=O) groups is 1. The molecular formula is C15H23BrN2O. The topological polar surface area (TPSA) is 32.3 Å². The highest BCUT2D eigenvalue weighted by Gasteiger charge is 2.20. The molecule has 1 aromatic carbocycles. The van der Waals surface area contributed by atoms with Gasteiger partial charge in [-0.15, -0.1) is 0 Å². The molecule has 1 rings (SSSR count). The molecule has 4 heteroatoms. The van der Waals surface area contributed by atoms with E-state index < -0.39 is 0 Å². The van der Waals surface area contributed by atoms with Gasteiger partial charge in [0.25, 0.3) is 0 Å². The molecule has 0 radical (unpaired) electrons. The van der Waals surface area contributed by atoms with Crippen LogP contribution in [0.5, 0.6) is 0 Å². The van der Waals surface area contributed by atoms with Gasteiger partial charge in [0.15, 0.2) is 0 Å². The van der Waals surface area contributed by atoms with E-state index in [9.17, 15) is 4.79 Å². The predicted octanol–water partition coefficient (Wildman–Crippen LogP) is 2.70. The van der Waals surface area contributed by atoms with Gasteiger partial charge in [-0.2, -0.15) is 0 Å². The first-order chi connectivity index (χ1) is 9.08. The number of nitrogens with zero attached hydrogens (tertiary/aromatic N) is 1. The fourth-order valence-electron chi connectivity index (χ4n) is 2.06. The Bertz CT molecular complexity index is 409. The number of benzene rings is 1. The number of rotatable bonds is 7. The van der Waals surface area contributed by atoms with Gasteiger partial charge < -0.3 is 10.2 Å². The van der Waals surface area contributed by atoms with Gasteiger partial charge in [0.1, 0.15) is 0 Å². The van der Waals surface area contributed by atoms with Crippen LogP contribution < -0.4 is 5.32 Å². The van der Waals surface area contributed by atoms with Crippen LogP contribution in [0.1, 0.15) is 18.9 Å². The van der Waals surface area contributed by atoms with Crippen molar-refractivity contribution in [3.63, 3.8) is 0 Å². The summed E-state index contributed by atoms with van der Waals surface area (Å²) in [6.45, 7) is 3.66. The van der Waals surface area contributed by atoms with Crippen molar-refractivity contribution in [3.05, 3.63) is 34.3 Å². The summed E-state index contributed by atoms with van der Waals surface area (Å²) in [7, 11) is 3.78. The Balaban J connectivity index is 2.64. The lowest BCUT2D eigenvalue weighted by Crippen LogP contribution is -2.37. The highest BCUT2D eigenvalue weighted by Crippen LogP contribution is 2.18. The SMILES string of the molecule is CCC(Cc1cccc(Br)c1)C(=O)N(C)CCNC. The molecule has 1 atom stereocenters. The van der Waals surface area contributed by atoms with Crippen LogP contribution in [0.2, 0.25) is 0 Å². The molecule has 1 aromatic rings. The summed E-state index contributed by atoms with van der Waals surface area (Å²) in [5, 5.41) is 3.07. The smallest absolute Gasteiger partial charge is 0.225 e. The number of amides is 1. The zero-order valence-corrected chi connectivity index (χ0v) is 13.5. The number of halogens is 1. The second kappa shape index (κ2) is 8.33. The predicted molar refractivity (Wildman–Crippen MR) is 83.2 cm³/mol. The van der Waals surface area contributed by atoms with E-state index in [4.69, 9.17) is 0 Å². The second-order valence-corrected chi connectivity index (χ2v) is 5.72. The van der Waals surface area contributed by atoms with E-state index in [1.54, 1.807) is 0 Å². The lowest BCUT2D eigenvalue weighted by atomic mass is 9.95. The Morgan fingerprint density at radius 2 is 2.21 bits per heavy atom. The maximum Gasteiger partial charge on any atom is 0.225 e. The number of likely N-dealkylation sites (N-methyl/N-ethyl adjacent to an activating group) is 2. The molecule has 1 N–H and O–H groups in total. The first kappa shape index (κ1) is 16.2. The number of carbonyl (C=O) groups excluding carboxylic acids is 1. The third kappa shape index (κ3) is 5.33. The third-order valence-corrected chi connectivity index (χ3v) is 3.78. The number of hydrogen-bond acceptors (Lipinski definition) is 2. The van der Waals surface area contributed by atoms with Crippen LogP contribution in [0.4, 0.5) is 0 Å². The summed E-state index contributed by atoms with van der Waals surface area (Å²) in [5.41, 5.74) is 1.21. The fourth-order valence-corrected chi connectivity index (χ4v) is 2.50. The standard InChI is InChI=1S/C15H23BrN2O/c1-4-13(15(19)18(3)9-8-17-2)10-12-6-5-7-14(16)11-12/h5-7,11,13,17H,4,8-10H2,1-3H3. The summed E-state index contributed by atoms with van der Waals surface area (Å²) in [6.07, 6.45) is 1.67. The molecule has 0 aromatic heterocycles. The summed E-state index contributed by atoms with van der Waals surface area (Å²) < 4.78 is 1.07. The molecule has 1 amide bonds. The Kier molecular flexibility index (Phi) is 7.10. The summed E-state index contributed by atoms with van der Waals surface area (Å²) >= 11 is 3.47. The van der Waals surface area contributed by atoms with Crippen molar-refractivity contribution in [3.8, 4) is 0 Å². The minimum absolute atomic E-state index is 0.0659. The van der Waals surface area contributed by atoms with E-state index in [-0.39, 0.29) is 11.8 Å². The lowest BCUT2D eigenvalue weighted by Gasteiger charge is -2.23. The van der Waals surface area contributed by atoms with Crippen LogP contribution in [0.15, 0.2) is 28.7 Å². The van der Waals surface area contributed by atoms with E-state index in [0.717, 1.165) is 30.4 Å². The van der Waals surface area contributed by atoms with Crippen LogP contribution in [-0.4, -0.2) is 38.0 Å². The van der Waals surface area contributed by atoms with Crippen molar-refractivity contribution in [2.75, 3.05) is 27.2 Å². The summed E-state index contributed by atoms with van der Waals surface area (Å²) in [6, 6.07) is 8.19. The molecule has 1 unspecified atom stereocenters. The zero-order valence-electron chi connectivity index (χ0n) is 11.9. The van der Waals surface area contributed by atoms with Gasteiger partial charge in [-0.05, 0) is 37.6 Å². The third-order valence-electron chi connectivity index (χ3n) is 3.29. The molecule has 3 nitrogen and oxygen atoms in total. The van der Waals surface area contributed by atoms with Crippen LogP contribution >= 0.6 is 15.9 Å². The van der Waals surface area contributed by atoms with Gasteiger partial charge >= 0.3 is 0 Å². The van der Waals surface area contributed by atoms with Crippen LogP contribution in [-0.2, 0) is 11.2 Å². The lowest BCUT2D eigenvalue weighted by molar-refractivity contribution is -0.134. The van der Waals surface area contributed by atoms with Crippen molar-refractivity contribution < 1.29 is 4.79 Å². The van der Waals surface area contributed by atoms with Crippen LogP contribution in [0.3, 0.4) is 0 Å². The fraction of sp³-hybridized carbons (Fsp3) is 0.533. The van der Waals surface area contributed by atoms with Crippen LogP contribution in [0, 0.1) is 5.92 Å². The molecule has 0 aliphatic heterocycles. The van der Waals surface area contributed by atoms with Gasteiger partial charge in [0.05, 0.1) is 0 Å². The highest BCUT2D eigenvalue weighted by molar-refractivity contribution is 9.10. The van der Waals surface area contributed by atoms with Crippen molar-refractivity contribution in [1.29, 1.82) is 0 Å². The first-order valence-corrected chi connectivity index (χ1v) is 7.51. The number of nitrogens with one attached hydrogen (secondary N) is 1. The molecule has 0 spiro atoms. The van der Waals surface area contributed by atoms with E-state index in [1.807, 2.05) is 31.1 Å².